The van der Waals surface area contributed by atoms with Crippen LogP contribution in [0.2, 0.25) is 0 Å². The third-order valence-electron chi connectivity index (χ3n) is 7.39. The van der Waals surface area contributed by atoms with E-state index in [4.69, 9.17) is 9.72 Å². The maximum absolute atomic E-state index is 13.5. The molecule has 0 spiro atoms. The van der Waals surface area contributed by atoms with Crippen LogP contribution in [0.25, 0.3) is 22.2 Å². The van der Waals surface area contributed by atoms with Crippen LogP contribution in [-0.2, 0) is 4.74 Å². The van der Waals surface area contributed by atoms with Gasteiger partial charge in [-0.25, -0.2) is 14.7 Å². The van der Waals surface area contributed by atoms with E-state index in [0.29, 0.717) is 44.5 Å². The van der Waals surface area contributed by atoms with Gasteiger partial charge in [-0.05, 0) is 63.2 Å². The number of carbonyl (C=O) groups excluding carboxylic acids is 4. The van der Waals surface area contributed by atoms with Crippen LogP contribution in [-0.4, -0.2) is 34.7 Å². The van der Waals surface area contributed by atoms with Gasteiger partial charge in [-0.1, -0.05) is 65.7 Å². The van der Waals surface area contributed by atoms with Gasteiger partial charge in [0, 0.05) is 16.5 Å². The fraction of sp³-hybridized carbons (Fsp3) is 0.114. The minimum atomic E-state index is -0.990. The molecule has 5 aromatic rings. The normalized spacial score (nSPS) is 13.3. The van der Waals surface area contributed by atoms with Crippen LogP contribution >= 0.6 is 0 Å². The minimum absolute atomic E-state index is 0.284. The molecule has 206 valence electrons. The molecule has 1 aliphatic heterocycles. The molecule has 7 heteroatoms. The molecule has 2 amide bonds. The van der Waals surface area contributed by atoms with Crippen molar-refractivity contribution in [2.24, 2.45) is 0 Å². The molecular weight excluding hydrogens is 528 g/mol. The molecule has 0 bridgehead atoms. The number of benzene rings is 4. The number of hydrogen-bond acceptors (Lipinski definition) is 6. The summed E-state index contributed by atoms with van der Waals surface area (Å²) in [6.07, 6.45) is -0.990. The maximum Gasteiger partial charge on any atom is 0.339 e. The van der Waals surface area contributed by atoms with Crippen molar-refractivity contribution >= 4 is 40.2 Å². The van der Waals surface area contributed by atoms with E-state index in [9.17, 15) is 19.2 Å². The fourth-order valence-corrected chi connectivity index (χ4v) is 5.09. The van der Waals surface area contributed by atoms with E-state index in [1.165, 1.54) is 0 Å². The number of pyridine rings is 1. The number of Topliss-reactive ketones (excluding diaryl/α,β-unsaturated/α-hetero) is 1. The molecule has 0 saturated heterocycles. The van der Waals surface area contributed by atoms with E-state index in [0.717, 1.165) is 16.0 Å². The van der Waals surface area contributed by atoms with Gasteiger partial charge < -0.3 is 4.74 Å². The monoisotopic (exact) mass is 554 g/mol. The number of imide groups is 1. The van der Waals surface area contributed by atoms with E-state index in [1.807, 2.05) is 44.2 Å². The van der Waals surface area contributed by atoms with Crippen molar-refractivity contribution < 1.29 is 23.9 Å². The third kappa shape index (κ3) is 4.75. The lowest BCUT2D eigenvalue weighted by Crippen LogP contribution is -2.29. The van der Waals surface area contributed by atoms with Crippen LogP contribution in [0.5, 0.6) is 0 Å². The standard InChI is InChI=1S/C35H26N2O5/c1-20-8-11-24(12-9-20)32(38)22(3)42-35(41)29-19-31(36-30-17-10-21(2)18-28(29)30)23-13-15-25(16-14-23)37-33(39)26-6-4-5-7-27(26)34(37)40/h4-19,22H,1-3H3. The smallest absolute Gasteiger partial charge is 0.339 e. The second kappa shape index (κ2) is 10.5. The first-order chi connectivity index (χ1) is 20.2. The number of fused-ring (bicyclic) bond motifs is 2. The Balaban J connectivity index is 1.31. The van der Waals surface area contributed by atoms with Crippen LogP contribution in [0.1, 0.15) is 59.5 Å². The second-order valence-corrected chi connectivity index (χ2v) is 10.4. The number of amides is 2. The van der Waals surface area contributed by atoms with Crippen LogP contribution < -0.4 is 4.90 Å². The molecule has 1 aliphatic rings. The van der Waals surface area contributed by atoms with E-state index in [-0.39, 0.29) is 23.2 Å². The SMILES string of the molecule is Cc1ccc(C(=O)C(C)OC(=O)c2cc(-c3ccc(N4C(=O)c5ccccc5C4=O)cc3)nc3ccc(C)cc23)cc1. The van der Waals surface area contributed by atoms with Crippen molar-refractivity contribution in [3.05, 3.63) is 130 Å². The molecule has 4 aromatic carbocycles. The summed E-state index contributed by atoms with van der Waals surface area (Å²) in [5.41, 5.74) is 5.67. The third-order valence-corrected chi connectivity index (χ3v) is 7.39. The highest BCUT2D eigenvalue weighted by molar-refractivity contribution is 6.34. The van der Waals surface area contributed by atoms with Gasteiger partial charge in [0.2, 0.25) is 5.78 Å². The highest BCUT2D eigenvalue weighted by Crippen LogP contribution is 2.31. The first-order valence-electron chi connectivity index (χ1n) is 13.5. The lowest BCUT2D eigenvalue weighted by Gasteiger charge is -2.16. The quantitative estimate of drug-likeness (QED) is 0.131. The molecule has 1 aromatic heterocycles. The highest BCUT2D eigenvalue weighted by atomic mass is 16.5. The number of aryl methyl sites for hydroxylation is 2. The molecule has 2 heterocycles. The summed E-state index contributed by atoms with van der Waals surface area (Å²) in [5, 5.41) is 0.612. The fourth-order valence-electron chi connectivity index (χ4n) is 5.09. The van der Waals surface area contributed by atoms with Gasteiger partial charge in [0.25, 0.3) is 11.8 Å². The van der Waals surface area contributed by atoms with Gasteiger partial charge in [0.15, 0.2) is 6.10 Å². The Labute approximate surface area is 242 Å². The van der Waals surface area contributed by atoms with Crippen LogP contribution in [0.4, 0.5) is 5.69 Å². The molecular formula is C35H26N2O5. The average Bonchev–Trinajstić information content (AvgIpc) is 3.26. The Morgan fingerprint density at radius 1 is 0.762 bits per heavy atom. The maximum atomic E-state index is 13.5. The Morgan fingerprint density at radius 2 is 1.38 bits per heavy atom. The molecule has 1 unspecified atom stereocenters. The Bertz CT molecular complexity index is 1870. The van der Waals surface area contributed by atoms with Gasteiger partial charge in [-0.3, -0.25) is 14.4 Å². The zero-order valence-electron chi connectivity index (χ0n) is 23.3. The minimum Gasteiger partial charge on any atom is -0.451 e. The molecule has 0 N–H and O–H groups in total. The van der Waals surface area contributed by atoms with Gasteiger partial charge in [-0.2, -0.15) is 0 Å². The van der Waals surface area contributed by atoms with Gasteiger partial charge in [0.05, 0.1) is 33.6 Å². The number of ether oxygens (including phenoxy) is 1. The van der Waals surface area contributed by atoms with Crippen molar-refractivity contribution in [2.45, 2.75) is 26.9 Å². The summed E-state index contributed by atoms with van der Waals surface area (Å²) in [7, 11) is 0. The van der Waals surface area contributed by atoms with Crippen LogP contribution in [0, 0.1) is 13.8 Å². The van der Waals surface area contributed by atoms with Crippen LogP contribution in [0.3, 0.4) is 0 Å². The summed E-state index contributed by atoms with van der Waals surface area (Å²) in [6, 6.07) is 28.0. The number of rotatable bonds is 6. The largest absolute Gasteiger partial charge is 0.451 e. The Hall–Kier alpha value is -5.43. The lowest BCUT2D eigenvalue weighted by molar-refractivity contribution is 0.0320. The first kappa shape index (κ1) is 26.8. The first-order valence-corrected chi connectivity index (χ1v) is 13.5. The van der Waals surface area contributed by atoms with Gasteiger partial charge >= 0.3 is 5.97 Å². The number of aromatic nitrogens is 1. The average molecular weight is 555 g/mol. The van der Waals surface area contributed by atoms with E-state index in [2.05, 4.69) is 0 Å². The number of carbonyl (C=O) groups is 4. The number of anilines is 1. The van der Waals surface area contributed by atoms with Gasteiger partial charge in [0.1, 0.15) is 0 Å². The predicted molar refractivity (Wildman–Crippen MR) is 160 cm³/mol. The second-order valence-electron chi connectivity index (χ2n) is 10.4. The Morgan fingerprint density at radius 3 is 2.02 bits per heavy atom. The van der Waals surface area contributed by atoms with Crippen molar-refractivity contribution in [2.75, 3.05) is 4.90 Å². The number of nitrogens with zero attached hydrogens (tertiary/aromatic N) is 2. The predicted octanol–water partition coefficient (Wildman–Crippen LogP) is 6.75. The van der Waals surface area contributed by atoms with E-state index in [1.54, 1.807) is 73.7 Å². The number of esters is 1. The molecule has 0 saturated carbocycles. The Kier molecular flexibility index (Phi) is 6.71. The molecule has 0 fully saturated rings. The van der Waals surface area contributed by atoms with Gasteiger partial charge in [-0.15, -0.1) is 0 Å². The molecule has 0 radical (unpaired) electrons. The van der Waals surface area contributed by atoms with Crippen molar-refractivity contribution in [1.82, 2.24) is 4.98 Å². The highest BCUT2D eigenvalue weighted by Gasteiger charge is 2.36. The zero-order chi connectivity index (χ0) is 29.5. The zero-order valence-corrected chi connectivity index (χ0v) is 23.3. The molecule has 42 heavy (non-hydrogen) atoms. The van der Waals surface area contributed by atoms with E-state index < -0.39 is 12.1 Å². The van der Waals surface area contributed by atoms with Crippen molar-refractivity contribution in [1.29, 1.82) is 0 Å². The van der Waals surface area contributed by atoms with Crippen molar-refractivity contribution in [3.63, 3.8) is 0 Å². The van der Waals surface area contributed by atoms with Crippen molar-refractivity contribution in [3.8, 4) is 11.3 Å². The summed E-state index contributed by atoms with van der Waals surface area (Å²) in [6.45, 7) is 5.42. The lowest BCUT2D eigenvalue weighted by atomic mass is 10.0. The molecule has 1 atom stereocenters. The number of ketones is 1. The molecule has 0 aliphatic carbocycles. The van der Waals surface area contributed by atoms with E-state index >= 15 is 0 Å². The summed E-state index contributed by atoms with van der Waals surface area (Å²) in [4.78, 5) is 58.2. The molecule has 7 nitrogen and oxygen atoms in total. The number of hydrogen-bond donors (Lipinski definition) is 0. The summed E-state index contributed by atoms with van der Waals surface area (Å²) >= 11 is 0. The summed E-state index contributed by atoms with van der Waals surface area (Å²) < 4.78 is 5.66. The topological polar surface area (TPSA) is 93.6 Å². The van der Waals surface area contributed by atoms with Crippen LogP contribution in [0.15, 0.2) is 97.1 Å². The molecule has 6 rings (SSSR count). The summed E-state index contributed by atoms with van der Waals surface area (Å²) in [5.74, 6) is -1.67.